The summed E-state index contributed by atoms with van der Waals surface area (Å²) in [6.07, 6.45) is 1.65. The molecule has 0 spiro atoms. The normalized spacial score (nSPS) is 13.4. The molecule has 7 nitrogen and oxygen atoms in total. The Bertz CT molecular complexity index is 1000. The highest BCUT2D eigenvalue weighted by Gasteiger charge is 2.38. The maximum absolute atomic E-state index is 12.2. The number of benzene rings is 2. The van der Waals surface area contributed by atoms with Crippen LogP contribution >= 0.6 is 0 Å². The Morgan fingerprint density at radius 3 is 2.44 bits per heavy atom. The second-order valence-electron chi connectivity index (χ2n) is 5.75. The van der Waals surface area contributed by atoms with Gasteiger partial charge in [0.2, 0.25) is 0 Å². The number of carbonyl (C=O) groups is 3. The molecule has 4 rings (SSSR count). The zero-order valence-corrected chi connectivity index (χ0v) is 13.3. The highest BCUT2D eigenvalue weighted by molar-refractivity contribution is 6.20. The van der Waals surface area contributed by atoms with Crippen LogP contribution in [0.5, 0.6) is 0 Å². The predicted octanol–water partition coefficient (Wildman–Crippen LogP) is 1.87. The van der Waals surface area contributed by atoms with Gasteiger partial charge in [0.25, 0.3) is 11.8 Å². The van der Waals surface area contributed by atoms with Gasteiger partial charge in [0.05, 0.1) is 29.3 Å². The van der Waals surface area contributed by atoms with Gasteiger partial charge in [-0.2, -0.15) is 5.10 Å². The topological polar surface area (TPSA) is 81.5 Å². The van der Waals surface area contributed by atoms with Crippen LogP contribution in [0.25, 0.3) is 10.9 Å². The smallest absolute Gasteiger partial charge is 0.329 e. The van der Waals surface area contributed by atoms with Crippen molar-refractivity contribution in [3.8, 4) is 0 Å². The van der Waals surface area contributed by atoms with E-state index in [4.69, 9.17) is 4.84 Å². The molecule has 124 valence electrons. The highest BCUT2D eigenvalue weighted by Crippen LogP contribution is 2.23. The molecule has 0 aliphatic carbocycles. The van der Waals surface area contributed by atoms with Crippen molar-refractivity contribution in [2.24, 2.45) is 7.05 Å². The first kappa shape index (κ1) is 15.1. The molecule has 0 bridgehead atoms. The van der Waals surface area contributed by atoms with Gasteiger partial charge in [0.15, 0.2) is 0 Å². The minimum absolute atomic E-state index is 0.0573. The molecule has 3 aromatic rings. The zero-order valence-electron chi connectivity index (χ0n) is 13.3. The number of nitrogens with zero attached hydrogens (tertiary/aromatic N) is 3. The molecule has 1 aliphatic heterocycles. The fourth-order valence-corrected chi connectivity index (χ4v) is 2.87. The van der Waals surface area contributed by atoms with E-state index in [0.29, 0.717) is 10.6 Å². The third-order valence-corrected chi connectivity index (χ3v) is 4.11. The first-order valence-electron chi connectivity index (χ1n) is 7.64. The zero-order chi connectivity index (χ0) is 17.6. The third kappa shape index (κ3) is 2.46. The molecule has 0 saturated carbocycles. The van der Waals surface area contributed by atoms with Crippen molar-refractivity contribution >= 4 is 28.7 Å². The Balaban J connectivity index is 1.50. The number of rotatable bonds is 3. The van der Waals surface area contributed by atoms with Crippen LogP contribution in [0.4, 0.5) is 0 Å². The number of aryl methyl sites for hydroxylation is 1. The molecular weight excluding hydrogens is 322 g/mol. The minimum atomic E-state index is -0.683. The standard InChI is InChI=1S/C18H13N3O4/c1-20-15-7-6-11(8-12(15)10-19-20)9-16(22)25-21-17(23)13-4-2-3-5-14(13)18(21)24/h2-8,10H,9H2,1H3. The summed E-state index contributed by atoms with van der Waals surface area (Å²) in [5.41, 5.74) is 2.12. The Labute approximate surface area is 142 Å². The van der Waals surface area contributed by atoms with Gasteiger partial charge in [0, 0.05) is 12.4 Å². The molecule has 7 heteroatoms. The average Bonchev–Trinajstić information content (AvgIpc) is 3.09. The van der Waals surface area contributed by atoms with Crippen molar-refractivity contribution < 1.29 is 19.2 Å². The fourth-order valence-electron chi connectivity index (χ4n) is 2.87. The SMILES string of the molecule is Cn1ncc2cc(CC(=O)ON3C(=O)c4ccccc4C3=O)ccc21. The van der Waals surface area contributed by atoms with E-state index >= 15 is 0 Å². The fraction of sp³-hybridized carbons (Fsp3) is 0.111. The summed E-state index contributed by atoms with van der Waals surface area (Å²) in [6, 6.07) is 11.8. The first-order valence-corrected chi connectivity index (χ1v) is 7.64. The molecule has 2 amide bonds. The van der Waals surface area contributed by atoms with E-state index in [2.05, 4.69) is 5.10 Å². The van der Waals surface area contributed by atoms with E-state index < -0.39 is 17.8 Å². The molecule has 0 saturated heterocycles. The molecule has 2 heterocycles. The van der Waals surface area contributed by atoms with Crippen LogP contribution in [-0.2, 0) is 23.1 Å². The summed E-state index contributed by atoms with van der Waals surface area (Å²) in [5, 5.41) is 5.57. The summed E-state index contributed by atoms with van der Waals surface area (Å²) in [5.74, 6) is -1.94. The first-order chi connectivity index (χ1) is 12.0. The lowest BCUT2D eigenvalue weighted by Gasteiger charge is -2.12. The van der Waals surface area contributed by atoms with Crippen LogP contribution in [0.2, 0.25) is 0 Å². The van der Waals surface area contributed by atoms with Crippen LogP contribution < -0.4 is 0 Å². The molecular formula is C18H13N3O4. The van der Waals surface area contributed by atoms with E-state index in [-0.39, 0.29) is 17.5 Å². The van der Waals surface area contributed by atoms with Gasteiger partial charge in [-0.3, -0.25) is 14.3 Å². The van der Waals surface area contributed by atoms with E-state index in [1.54, 1.807) is 29.1 Å². The van der Waals surface area contributed by atoms with Crippen molar-refractivity contribution in [1.82, 2.24) is 14.8 Å². The largest absolute Gasteiger partial charge is 0.337 e. The summed E-state index contributed by atoms with van der Waals surface area (Å²) in [7, 11) is 1.83. The number of imide groups is 1. The monoisotopic (exact) mass is 335 g/mol. The molecule has 0 fully saturated rings. The number of amides is 2. The lowest BCUT2D eigenvalue weighted by Crippen LogP contribution is -2.33. The second kappa shape index (κ2) is 5.55. The van der Waals surface area contributed by atoms with Crippen LogP contribution in [-0.4, -0.2) is 32.6 Å². The Morgan fingerprint density at radius 2 is 1.76 bits per heavy atom. The second-order valence-corrected chi connectivity index (χ2v) is 5.75. The van der Waals surface area contributed by atoms with Crippen LogP contribution in [0, 0.1) is 0 Å². The molecule has 1 aliphatic rings. The number of hydrogen-bond acceptors (Lipinski definition) is 5. The lowest BCUT2D eigenvalue weighted by molar-refractivity contribution is -0.167. The van der Waals surface area contributed by atoms with Gasteiger partial charge in [-0.25, -0.2) is 4.79 Å². The van der Waals surface area contributed by atoms with Crippen molar-refractivity contribution in [3.05, 3.63) is 65.4 Å². The van der Waals surface area contributed by atoms with E-state index in [1.807, 2.05) is 19.2 Å². The van der Waals surface area contributed by atoms with Crippen LogP contribution in [0.15, 0.2) is 48.7 Å². The van der Waals surface area contributed by atoms with Crippen molar-refractivity contribution in [1.29, 1.82) is 0 Å². The maximum Gasteiger partial charge on any atom is 0.337 e. The number of fused-ring (bicyclic) bond motifs is 2. The summed E-state index contributed by atoms with van der Waals surface area (Å²) >= 11 is 0. The van der Waals surface area contributed by atoms with Gasteiger partial charge in [-0.05, 0) is 29.8 Å². The van der Waals surface area contributed by atoms with Gasteiger partial charge < -0.3 is 4.84 Å². The summed E-state index contributed by atoms with van der Waals surface area (Å²) in [6.45, 7) is 0. The lowest BCUT2D eigenvalue weighted by atomic mass is 10.1. The van der Waals surface area contributed by atoms with Crippen molar-refractivity contribution in [2.75, 3.05) is 0 Å². The Hall–Kier alpha value is -3.48. The van der Waals surface area contributed by atoms with Crippen LogP contribution in [0.3, 0.4) is 0 Å². The van der Waals surface area contributed by atoms with E-state index in [0.717, 1.165) is 10.9 Å². The number of carbonyl (C=O) groups excluding carboxylic acids is 3. The molecule has 0 unspecified atom stereocenters. The third-order valence-electron chi connectivity index (χ3n) is 4.11. The van der Waals surface area contributed by atoms with Gasteiger partial charge >= 0.3 is 5.97 Å². The molecule has 0 atom stereocenters. The number of aromatic nitrogens is 2. The molecule has 2 aromatic carbocycles. The Morgan fingerprint density at radius 1 is 1.08 bits per heavy atom. The van der Waals surface area contributed by atoms with Gasteiger partial charge in [0.1, 0.15) is 0 Å². The van der Waals surface area contributed by atoms with Crippen molar-refractivity contribution in [2.45, 2.75) is 6.42 Å². The van der Waals surface area contributed by atoms with E-state index in [9.17, 15) is 14.4 Å². The molecule has 25 heavy (non-hydrogen) atoms. The van der Waals surface area contributed by atoms with E-state index in [1.165, 1.54) is 12.1 Å². The molecule has 0 N–H and O–H groups in total. The maximum atomic E-state index is 12.2. The number of hydrogen-bond donors (Lipinski definition) is 0. The number of hydroxylamine groups is 2. The van der Waals surface area contributed by atoms with Gasteiger partial charge in [-0.15, -0.1) is 0 Å². The van der Waals surface area contributed by atoms with Crippen LogP contribution in [0.1, 0.15) is 26.3 Å². The quantitative estimate of drug-likeness (QED) is 0.683. The summed E-state index contributed by atoms with van der Waals surface area (Å²) < 4.78 is 1.73. The minimum Gasteiger partial charge on any atom is -0.329 e. The predicted molar refractivity (Wildman–Crippen MR) is 87.5 cm³/mol. The highest BCUT2D eigenvalue weighted by atomic mass is 16.7. The Kier molecular flexibility index (Phi) is 3.35. The average molecular weight is 335 g/mol. The van der Waals surface area contributed by atoms with Gasteiger partial charge in [-0.1, -0.05) is 23.3 Å². The summed E-state index contributed by atoms with van der Waals surface area (Å²) in [4.78, 5) is 41.6. The van der Waals surface area contributed by atoms with Crippen molar-refractivity contribution in [3.63, 3.8) is 0 Å². The molecule has 0 radical (unpaired) electrons. The molecule has 1 aromatic heterocycles.